The summed E-state index contributed by atoms with van der Waals surface area (Å²) in [6, 6.07) is 16.1. The summed E-state index contributed by atoms with van der Waals surface area (Å²) in [5.74, 6) is 0.298. The number of ether oxygens (including phenoxy) is 1. The zero-order chi connectivity index (χ0) is 27.7. The van der Waals surface area contributed by atoms with Crippen LogP contribution in [0.1, 0.15) is 49.3 Å². The third-order valence-electron chi connectivity index (χ3n) is 8.99. The molecule has 2 N–H and O–H groups in total. The molecule has 0 spiro atoms. The largest absolute Gasteiger partial charge is 0.432 e. The number of benzene rings is 2. The summed E-state index contributed by atoms with van der Waals surface area (Å²) < 4.78 is 6.58. The highest BCUT2D eigenvalue weighted by atomic mass is 28.4. The fourth-order valence-electron chi connectivity index (χ4n) is 7.05. The Kier molecular flexibility index (Phi) is 8.28. The Hall–Kier alpha value is -2.52. The van der Waals surface area contributed by atoms with Crippen molar-refractivity contribution in [3.8, 4) is 0 Å². The molecule has 2 amide bonds. The van der Waals surface area contributed by atoms with Gasteiger partial charge in [0, 0.05) is 30.7 Å². The third-order valence-corrected chi connectivity index (χ3v) is 11.5. The summed E-state index contributed by atoms with van der Waals surface area (Å²) in [4.78, 5) is 40.8. The zero-order valence-electron chi connectivity index (χ0n) is 23.4. The number of carbonyl (C=O) groups excluding carboxylic acids is 2. The predicted octanol–water partition coefficient (Wildman–Crippen LogP) is 4.05. The van der Waals surface area contributed by atoms with Crippen molar-refractivity contribution in [3.05, 3.63) is 65.2 Å². The van der Waals surface area contributed by atoms with Gasteiger partial charge >= 0.3 is 0 Å². The molecule has 8 heteroatoms. The van der Waals surface area contributed by atoms with Crippen LogP contribution in [0, 0.1) is 5.92 Å². The van der Waals surface area contributed by atoms with Crippen molar-refractivity contribution in [2.45, 2.75) is 88.9 Å². The van der Waals surface area contributed by atoms with Crippen molar-refractivity contribution >= 4 is 25.8 Å². The first kappa shape index (κ1) is 28.0. The molecule has 0 saturated carbocycles. The number of aryl methyl sites for hydroxylation is 1. The third kappa shape index (κ3) is 5.99. The summed E-state index contributed by atoms with van der Waals surface area (Å²) in [5, 5.41) is 10.1. The maximum atomic E-state index is 13.6. The summed E-state index contributed by atoms with van der Waals surface area (Å²) in [7, 11) is -2.62. The van der Waals surface area contributed by atoms with Crippen LogP contribution in [0.2, 0.25) is 18.6 Å². The molecular formula is C31H42N2O5Si. The molecule has 7 nitrogen and oxygen atoms in total. The van der Waals surface area contributed by atoms with E-state index < -0.39 is 8.32 Å². The van der Waals surface area contributed by atoms with Crippen molar-refractivity contribution in [1.29, 1.82) is 0 Å². The van der Waals surface area contributed by atoms with Gasteiger partial charge in [-0.3, -0.25) is 9.59 Å². The van der Waals surface area contributed by atoms with Crippen molar-refractivity contribution in [2.75, 3.05) is 18.1 Å². The second-order valence-electron chi connectivity index (χ2n) is 12.1. The van der Waals surface area contributed by atoms with Crippen LogP contribution in [-0.2, 0) is 33.7 Å². The number of fused-ring (bicyclic) bond motifs is 1. The molecule has 5 atom stereocenters. The summed E-state index contributed by atoms with van der Waals surface area (Å²) in [6.45, 7) is 7.24. The number of hydrogen-bond acceptors (Lipinski definition) is 5. The molecule has 2 fully saturated rings. The van der Waals surface area contributed by atoms with E-state index in [4.69, 9.17) is 4.74 Å². The Morgan fingerprint density at radius 3 is 2.56 bits per heavy atom. The van der Waals surface area contributed by atoms with Gasteiger partial charge in [-0.05, 0) is 73.5 Å². The molecule has 0 radical (unpaired) electrons. The van der Waals surface area contributed by atoms with Gasteiger partial charge in [0.2, 0.25) is 11.8 Å². The van der Waals surface area contributed by atoms with Crippen LogP contribution in [0.5, 0.6) is 0 Å². The van der Waals surface area contributed by atoms with Crippen molar-refractivity contribution in [1.82, 2.24) is 4.90 Å². The number of aliphatic hydroxyl groups excluding tert-OH is 1. The minimum atomic E-state index is -2.62. The first-order chi connectivity index (χ1) is 18.7. The van der Waals surface area contributed by atoms with Crippen molar-refractivity contribution in [2.24, 2.45) is 5.92 Å². The van der Waals surface area contributed by atoms with E-state index >= 15 is 0 Å². The van der Waals surface area contributed by atoms with E-state index in [-0.39, 0.29) is 54.6 Å². The van der Waals surface area contributed by atoms with Gasteiger partial charge in [-0.1, -0.05) is 43.3 Å². The Bertz CT molecular complexity index is 1200. The molecule has 2 aromatic rings. The topological polar surface area (TPSA) is 90.3 Å². The lowest BCUT2D eigenvalue weighted by molar-refractivity contribution is -0.138. The summed E-state index contributed by atoms with van der Waals surface area (Å²) in [6.07, 6.45) is 3.59. The molecule has 2 saturated heterocycles. The lowest BCUT2D eigenvalue weighted by Gasteiger charge is -2.37. The second kappa shape index (κ2) is 11.5. The van der Waals surface area contributed by atoms with Gasteiger partial charge in [-0.25, -0.2) is 0 Å². The van der Waals surface area contributed by atoms with Crippen LogP contribution < -0.4 is 4.90 Å². The number of nitrogens with zero attached hydrogens (tertiary/aromatic N) is 2. The quantitative estimate of drug-likeness (QED) is 0.484. The van der Waals surface area contributed by atoms with E-state index in [9.17, 15) is 19.5 Å². The summed E-state index contributed by atoms with van der Waals surface area (Å²) >= 11 is 0. The zero-order valence-corrected chi connectivity index (χ0v) is 24.4. The molecule has 3 heterocycles. The molecule has 0 aromatic heterocycles. The molecule has 3 aliphatic heterocycles. The number of carbonyl (C=O) groups is 2. The lowest BCUT2D eigenvalue weighted by atomic mass is 9.93. The maximum Gasteiger partial charge on any atom is 0.227 e. The Balaban J connectivity index is 1.27. The molecule has 5 rings (SSSR count). The van der Waals surface area contributed by atoms with Crippen LogP contribution in [-0.4, -0.2) is 66.3 Å². The number of hydrogen-bond donors (Lipinski definition) is 2. The van der Waals surface area contributed by atoms with Gasteiger partial charge in [0.05, 0.1) is 31.3 Å². The minimum absolute atomic E-state index is 0.0207. The number of rotatable bonds is 8. The fourth-order valence-corrected chi connectivity index (χ4v) is 9.66. The predicted molar refractivity (Wildman–Crippen MR) is 154 cm³/mol. The van der Waals surface area contributed by atoms with Crippen LogP contribution in [0.15, 0.2) is 48.5 Å². The van der Waals surface area contributed by atoms with Gasteiger partial charge in [-0.2, -0.15) is 0 Å². The van der Waals surface area contributed by atoms with Gasteiger partial charge < -0.3 is 24.4 Å². The first-order valence-electron chi connectivity index (χ1n) is 14.4. The van der Waals surface area contributed by atoms with E-state index in [1.54, 1.807) is 4.90 Å². The van der Waals surface area contributed by atoms with Crippen molar-refractivity contribution in [3.63, 3.8) is 0 Å². The average molecular weight is 551 g/mol. The van der Waals surface area contributed by atoms with E-state index in [0.29, 0.717) is 19.4 Å². The van der Waals surface area contributed by atoms with Crippen LogP contribution >= 0.6 is 0 Å². The molecule has 39 heavy (non-hydrogen) atoms. The Morgan fingerprint density at radius 1 is 1.10 bits per heavy atom. The van der Waals surface area contributed by atoms with E-state index in [0.717, 1.165) is 42.6 Å². The van der Waals surface area contributed by atoms with Gasteiger partial charge in [0.1, 0.15) is 0 Å². The monoisotopic (exact) mass is 550 g/mol. The van der Waals surface area contributed by atoms with Gasteiger partial charge in [0.15, 0.2) is 8.32 Å². The average Bonchev–Trinajstić information content (AvgIpc) is 3.48. The highest BCUT2D eigenvalue weighted by molar-refractivity contribution is 6.71. The minimum Gasteiger partial charge on any atom is -0.432 e. The number of amides is 2. The van der Waals surface area contributed by atoms with E-state index in [2.05, 4.69) is 31.2 Å². The van der Waals surface area contributed by atoms with Gasteiger partial charge in [-0.15, -0.1) is 0 Å². The van der Waals surface area contributed by atoms with Gasteiger partial charge in [0.25, 0.3) is 0 Å². The van der Waals surface area contributed by atoms with Crippen LogP contribution in [0.4, 0.5) is 5.69 Å². The van der Waals surface area contributed by atoms with E-state index in [1.165, 1.54) is 5.56 Å². The van der Waals surface area contributed by atoms with E-state index in [1.807, 2.05) is 42.3 Å². The first-order valence-corrected chi connectivity index (χ1v) is 17.4. The van der Waals surface area contributed by atoms with Crippen LogP contribution in [0.25, 0.3) is 0 Å². The molecule has 3 aliphatic rings. The maximum absolute atomic E-state index is 13.6. The summed E-state index contributed by atoms with van der Waals surface area (Å²) in [5.41, 5.74) is 4.39. The standard InChI is InChI=1S/C31H42N2O5Si/c1-21-27(14-13-22-8-6-11-25(16-22)32-15-7-12-29(32)35)38-28(31(21)39(2,3)37)18-30(36)33-19-24-10-5-4-9-23(24)17-26(33)20-34/h4-6,8-11,16,21,26-28,31,34,37H,7,12-15,17-20H2,1-3H3/t21-,26+,27+,28-,31+/m1/s1. The Morgan fingerprint density at radius 2 is 1.87 bits per heavy atom. The normalized spacial score (nSPS) is 27.2. The fraction of sp³-hybridized carbons (Fsp3) is 0.548. The Labute approximate surface area is 232 Å². The highest BCUT2D eigenvalue weighted by Crippen LogP contribution is 2.46. The SMILES string of the molecule is C[C@H]1[C@H]([Si](C)(C)O)[C@@H](CC(=O)N2Cc3ccccc3C[C@H]2CO)O[C@H]1CCc1cccc(N2CCCC2=O)c1. The second-order valence-corrected chi connectivity index (χ2v) is 16.1. The molecule has 2 aromatic carbocycles. The van der Waals surface area contributed by atoms with Crippen molar-refractivity contribution < 1.29 is 24.2 Å². The van der Waals surface area contributed by atoms with Crippen LogP contribution in [0.3, 0.4) is 0 Å². The number of anilines is 1. The smallest absolute Gasteiger partial charge is 0.227 e. The molecule has 0 aliphatic carbocycles. The molecule has 0 unspecified atom stereocenters. The molecular weight excluding hydrogens is 508 g/mol. The number of aliphatic hydroxyl groups is 1. The molecule has 0 bridgehead atoms. The lowest BCUT2D eigenvalue weighted by Crippen LogP contribution is -2.48. The molecule has 210 valence electrons. The highest BCUT2D eigenvalue weighted by Gasteiger charge is 2.50.